The Labute approximate surface area is 104 Å². The van der Waals surface area contributed by atoms with Crippen molar-refractivity contribution < 1.29 is 9.90 Å². The van der Waals surface area contributed by atoms with Gasteiger partial charge in [-0.1, -0.05) is 13.3 Å². The molecule has 2 rings (SSSR count). The Hall–Kier alpha value is -0.570. The maximum Gasteiger partial charge on any atom is 0.308 e. The fraction of sp³-hybridized carbons (Fsp3) is 0.929. The summed E-state index contributed by atoms with van der Waals surface area (Å²) in [7, 11) is 0. The van der Waals surface area contributed by atoms with E-state index in [0.717, 1.165) is 25.8 Å². The summed E-state index contributed by atoms with van der Waals surface area (Å²) >= 11 is 0. The minimum atomic E-state index is -0.584. The predicted octanol–water partition coefficient (Wildman–Crippen LogP) is 2.75. The minimum Gasteiger partial charge on any atom is -0.481 e. The number of carboxylic acid groups (broad SMARTS) is 1. The zero-order chi connectivity index (χ0) is 12.4. The molecule has 0 aromatic rings. The van der Waals surface area contributed by atoms with Gasteiger partial charge >= 0.3 is 5.97 Å². The van der Waals surface area contributed by atoms with Crippen LogP contribution in [0.1, 0.15) is 52.4 Å². The van der Waals surface area contributed by atoms with E-state index < -0.39 is 5.97 Å². The molecule has 0 aromatic heterocycles. The molecular weight excluding hydrogens is 214 g/mol. The number of carboxylic acids is 1. The molecule has 1 aliphatic heterocycles. The third-order valence-corrected chi connectivity index (χ3v) is 4.68. The van der Waals surface area contributed by atoms with E-state index in [4.69, 9.17) is 0 Å². The van der Waals surface area contributed by atoms with Crippen molar-refractivity contribution in [3.63, 3.8) is 0 Å². The molecule has 4 unspecified atom stereocenters. The fourth-order valence-corrected chi connectivity index (χ4v) is 3.62. The summed E-state index contributed by atoms with van der Waals surface area (Å²) in [5.41, 5.74) is 0. The SMILES string of the molecule is CC1CCC(C(=O)O)C(N2CCCCC2C)C1. The van der Waals surface area contributed by atoms with Crippen molar-refractivity contribution in [2.75, 3.05) is 6.54 Å². The van der Waals surface area contributed by atoms with E-state index in [9.17, 15) is 9.90 Å². The molecule has 4 atom stereocenters. The summed E-state index contributed by atoms with van der Waals surface area (Å²) in [6, 6.07) is 0.854. The van der Waals surface area contributed by atoms with Gasteiger partial charge in [-0.05, 0) is 51.5 Å². The normalized spacial score (nSPS) is 40.1. The van der Waals surface area contributed by atoms with Gasteiger partial charge in [0.05, 0.1) is 5.92 Å². The van der Waals surface area contributed by atoms with Crippen molar-refractivity contribution in [3.05, 3.63) is 0 Å². The van der Waals surface area contributed by atoms with Gasteiger partial charge in [0, 0.05) is 12.1 Å². The first-order valence-corrected chi connectivity index (χ1v) is 7.08. The largest absolute Gasteiger partial charge is 0.481 e. The maximum atomic E-state index is 11.4. The van der Waals surface area contributed by atoms with Gasteiger partial charge < -0.3 is 5.11 Å². The van der Waals surface area contributed by atoms with Crippen LogP contribution in [0.4, 0.5) is 0 Å². The van der Waals surface area contributed by atoms with E-state index in [-0.39, 0.29) is 12.0 Å². The molecule has 0 radical (unpaired) electrons. The third-order valence-electron chi connectivity index (χ3n) is 4.68. The molecule has 3 nitrogen and oxygen atoms in total. The average molecular weight is 239 g/mol. The van der Waals surface area contributed by atoms with Crippen LogP contribution in [0.2, 0.25) is 0 Å². The molecular formula is C14H25NO2. The summed E-state index contributed by atoms with van der Waals surface area (Å²) in [5, 5.41) is 9.39. The Bertz CT molecular complexity index is 279. The number of rotatable bonds is 2. The standard InChI is InChI=1S/C14H25NO2/c1-10-6-7-12(14(16)17)13(9-10)15-8-4-3-5-11(15)2/h10-13H,3-9H2,1-2H3,(H,16,17). The van der Waals surface area contributed by atoms with Gasteiger partial charge in [0.1, 0.15) is 0 Å². The molecule has 3 heteroatoms. The van der Waals surface area contributed by atoms with E-state index >= 15 is 0 Å². The van der Waals surface area contributed by atoms with E-state index in [0.29, 0.717) is 12.0 Å². The number of nitrogens with zero attached hydrogens (tertiary/aromatic N) is 1. The molecule has 1 saturated heterocycles. The van der Waals surface area contributed by atoms with Crippen LogP contribution in [-0.2, 0) is 4.79 Å². The van der Waals surface area contributed by atoms with E-state index in [2.05, 4.69) is 18.7 Å². The van der Waals surface area contributed by atoms with Crippen molar-refractivity contribution in [2.24, 2.45) is 11.8 Å². The quantitative estimate of drug-likeness (QED) is 0.805. The number of hydrogen-bond donors (Lipinski definition) is 1. The van der Waals surface area contributed by atoms with Gasteiger partial charge in [0.2, 0.25) is 0 Å². The Balaban J connectivity index is 2.10. The molecule has 1 aliphatic carbocycles. The lowest BCUT2D eigenvalue weighted by Gasteiger charge is -2.45. The zero-order valence-corrected chi connectivity index (χ0v) is 11.1. The van der Waals surface area contributed by atoms with Crippen molar-refractivity contribution >= 4 is 5.97 Å². The lowest BCUT2D eigenvalue weighted by Crippen LogP contribution is -2.52. The topological polar surface area (TPSA) is 40.5 Å². The maximum absolute atomic E-state index is 11.4. The minimum absolute atomic E-state index is 0.133. The highest BCUT2D eigenvalue weighted by Gasteiger charge is 2.39. The second-order valence-electron chi connectivity index (χ2n) is 6.01. The van der Waals surface area contributed by atoms with Crippen LogP contribution in [0.3, 0.4) is 0 Å². The van der Waals surface area contributed by atoms with Gasteiger partial charge in [-0.3, -0.25) is 9.69 Å². The Morgan fingerprint density at radius 2 is 1.94 bits per heavy atom. The van der Waals surface area contributed by atoms with Gasteiger partial charge in [-0.15, -0.1) is 0 Å². The van der Waals surface area contributed by atoms with Gasteiger partial charge in [-0.25, -0.2) is 0 Å². The number of piperidine rings is 1. The Kier molecular flexibility index (Phi) is 4.08. The van der Waals surface area contributed by atoms with Crippen LogP contribution in [0.5, 0.6) is 0 Å². The van der Waals surface area contributed by atoms with E-state index in [1.165, 1.54) is 19.3 Å². The summed E-state index contributed by atoms with van der Waals surface area (Å²) in [6.07, 6.45) is 6.79. The number of likely N-dealkylation sites (tertiary alicyclic amines) is 1. The first kappa shape index (κ1) is 12.9. The van der Waals surface area contributed by atoms with Crippen LogP contribution in [0.25, 0.3) is 0 Å². The smallest absolute Gasteiger partial charge is 0.308 e. The van der Waals surface area contributed by atoms with Crippen LogP contribution in [0.15, 0.2) is 0 Å². The molecule has 1 heterocycles. The molecule has 2 fully saturated rings. The molecule has 2 aliphatic rings. The molecule has 0 amide bonds. The second-order valence-corrected chi connectivity index (χ2v) is 6.01. The number of aliphatic carboxylic acids is 1. The van der Waals surface area contributed by atoms with Crippen LogP contribution >= 0.6 is 0 Å². The molecule has 98 valence electrons. The first-order valence-electron chi connectivity index (χ1n) is 7.08. The predicted molar refractivity (Wildman–Crippen MR) is 67.9 cm³/mol. The Morgan fingerprint density at radius 1 is 1.18 bits per heavy atom. The highest BCUT2D eigenvalue weighted by Crippen LogP contribution is 2.35. The van der Waals surface area contributed by atoms with Crippen molar-refractivity contribution in [1.29, 1.82) is 0 Å². The van der Waals surface area contributed by atoms with E-state index in [1.807, 2.05) is 0 Å². The van der Waals surface area contributed by atoms with Crippen LogP contribution in [0, 0.1) is 11.8 Å². The average Bonchev–Trinajstić information content (AvgIpc) is 2.29. The Morgan fingerprint density at radius 3 is 2.59 bits per heavy atom. The number of hydrogen-bond acceptors (Lipinski definition) is 2. The van der Waals surface area contributed by atoms with Gasteiger partial charge in [-0.2, -0.15) is 0 Å². The summed E-state index contributed by atoms with van der Waals surface area (Å²) < 4.78 is 0. The monoisotopic (exact) mass is 239 g/mol. The van der Waals surface area contributed by atoms with Crippen molar-refractivity contribution in [1.82, 2.24) is 4.90 Å². The van der Waals surface area contributed by atoms with Crippen molar-refractivity contribution in [3.8, 4) is 0 Å². The summed E-state index contributed by atoms with van der Waals surface area (Å²) in [4.78, 5) is 13.9. The van der Waals surface area contributed by atoms with Gasteiger partial charge in [0.25, 0.3) is 0 Å². The molecule has 17 heavy (non-hydrogen) atoms. The lowest BCUT2D eigenvalue weighted by atomic mass is 9.77. The molecule has 1 N–H and O–H groups in total. The van der Waals surface area contributed by atoms with E-state index in [1.54, 1.807) is 0 Å². The summed E-state index contributed by atoms with van der Waals surface area (Å²) in [5.74, 6) is -0.0313. The lowest BCUT2D eigenvalue weighted by molar-refractivity contribution is -0.147. The van der Waals surface area contributed by atoms with Gasteiger partial charge in [0.15, 0.2) is 0 Å². The second kappa shape index (κ2) is 5.38. The molecule has 0 spiro atoms. The summed E-state index contributed by atoms with van der Waals surface area (Å²) in [6.45, 7) is 5.62. The zero-order valence-electron chi connectivity index (χ0n) is 11.1. The highest BCUT2D eigenvalue weighted by atomic mass is 16.4. The van der Waals surface area contributed by atoms with Crippen LogP contribution in [-0.4, -0.2) is 34.6 Å². The fourth-order valence-electron chi connectivity index (χ4n) is 3.62. The highest BCUT2D eigenvalue weighted by molar-refractivity contribution is 5.71. The van der Waals surface area contributed by atoms with Crippen LogP contribution < -0.4 is 0 Å². The third kappa shape index (κ3) is 2.82. The first-order chi connectivity index (χ1) is 8.09. The van der Waals surface area contributed by atoms with Crippen molar-refractivity contribution in [2.45, 2.75) is 64.5 Å². The molecule has 1 saturated carbocycles. The number of carbonyl (C=O) groups is 1. The molecule has 0 aromatic carbocycles. The molecule has 0 bridgehead atoms.